The molecule has 0 radical (unpaired) electrons. The van der Waals surface area contributed by atoms with Crippen LogP contribution in [0.15, 0.2) is 30.7 Å². The summed E-state index contributed by atoms with van der Waals surface area (Å²) in [7, 11) is 0. The maximum Gasteiger partial charge on any atom is 0.141 e. The molecule has 0 bridgehead atoms. The Kier molecular flexibility index (Phi) is 3.72. The summed E-state index contributed by atoms with van der Waals surface area (Å²) in [6, 6.07) is 3.31. The molecule has 2 rings (SSSR count). The van der Waals surface area contributed by atoms with Gasteiger partial charge in [0, 0.05) is 25.5 Å². The summed E-state index contributed by atoms with van der Waals surface area (Å²) in [5, 5.41) is 3.18. The molecule has 2 aromatic heterocycles. The number of halogens is 1. The third-order valence-corrected chi connectivity index (χ3v) is 2.23. The smallest absolute Gasteiger partial charge is 0.141 e. The van der Waals surface area contributed by atoms with Crippen LogP contribution in [0.25, 0.3) is 0 Å². The van der Waals surface area contributed by atoms with Gasteiger partial charge in [-0.25, -0.2) is 14.4 Å². The van der Waals surface area contributed by atoms with E-state index in [0.717, 1.165) is 17.1 Å². The van der Waals surface area contributed by atoms with E-state index in [1.54, 1.807) is 12.4 Å². The highest BCUT2D eigenvalue weighted by molar-refractivity contribution is 5.10. The Bertz CT molecular complexity index is 456. The average Bonchev–Trinajstić information content (AvgIpc) is 2.29. The van der Waals surface area contributed by atoms with Gasteiger partial charge >= 0.3 is 0 Å². The molecule has 0 unspecified atom stereocenters. The zero-order valence-electron chi connectivity index (χ0n) is 9.52. The lowest BCUT2D eigenvalue weighted by Gasteiger charge is -2.04. The van der Waals surface area contributed by atoms with E-state index in [-0.39, 0.29) is 5.82 Å². The maximum atomic E-state index is 12.9. The molecule has 1 N–H and O–H groups in total. The molecule has 5 heteroatoms. The average molecular weight is 232 g/mol. The van der Waals surface area contributed by atoms with Crippen molar-refractivity contribution in [2.45, 2.75) is 20.0 Å². The summed E-state index contributed by atoms with van der Waals surface area (Å²) in [6.45, 7) is 3.04. The van der Waals surface area contributed by atoms with Crippen LogP contribution < -0.4 is 5.32 Å². The van der Waals surface area contributed by atoms with Crippen LogP contribution in [0.1, 0.15) is 17.1 Å². The SMILES string of the molecule is Cc1nccc(CNCc2cncc(F)c2)n1. The van der Waals surface area contributed by atoms with Crippen LogP contribution in [0.4, 0.5) is 4.39 Å². The quantitative estimate of drug-likeness (QED) is 0.870. The molecular formula is C12H13FN4. The standard InChI is InChI=1S/C12H13FN4/c1-9-16-3-2-12(17-9)8-15-6-10-4-11(13)7-14-5-10/h2-5,7,15H,6,8H2,1H3. The second-order valence-electron chi connectivity index (χ2n) is 3.71. The lowest BCUT2D eigenvalue weighted by molar-refractivity contribution is 0.611. The number of nitrogens with zero attached hydrogens (tertiary/aromatic N) is 3. The van der Waals surface area contributed by atoms with Crippen molar-refractivity contribution in [3.63, 3.8) is 0 Å². The third-order valence-electron chi connectivity index (χ3n) is 2.23. The number of nitrogens with one attached hydrogen (secondary N) is 1. The fourth-order valence-electron chi connectivity index (χ4n) is 1.49. The van der Waals surface area contributed by atoms with Gasteiger partial charge < -0.3 is 5.32 Å². The van der Waals surface area contributed by atoms with Crippen molar-refractivity contribution in [2.75, 3.05) is 0 Å². The fourth-order valence-corrected chi connectivity index (χ4v) is 1.49. The van der Waals surface area contributed by atoms with Crippen LogP contribution in [-0.2, 0) is 13.1 Å². The number of pyridine rings is 1. The molecular weight excluding hydrogens is 219 g/mol. The van der Waals surface area contributed by atoms with Crippen molar-refractivity contribution in [3.8, 4) is 0 Å². The topological polar surface area (TPSA) is 50.7 Å². The predicted molar refractivity (Wildman–Crippen MR) is 61.5 cm³/mol. The largest absolute Gasteiger partial charge is 0.307 e. The summed E-state index contributed by atoms with van der Waals surface area (Å²) in [5.74, 6) is 0.430. The Morgan fingerprint density at radius 3 is 2.94 bits per heavy atom. The minimum absolute atomic E-state index is 0.317. The molecule has 2 heterocycles. The van der Waals surface area contributed by atoms with Crippen molar-refractivity contribution in [2.24, 2.45) is 0 Å². The van der Waals surface area contributed by atoms with Gasteiger partial charge in [-0.15, -0.1) is 0 Å². The molecule has 0 spiro atoms. The molecule has 0 fully saturated rings. The molecule has 0 aliphatic rings. The molecule has 0 aromatic carbocycles. The van der Waals surface area contributed by atoms with Gasteiger partial charge in [0.2, 0.25) is 0 Å². The van der Waals surface area contributed by atoms with Gasteiger partial charge in [-0.3, -0.25) is 4.98 Å². The van der Waals surface area contributed by atoms with Crippen molar-refractivity contribution in [1.29, 1.82) is 0 Å². The molecule has 2 aromatic rings. The highest BCUT2D eigenvalue weighted by atomic mass is 19.1. The summed E-state index contributed by atoms with van der Waals surface area (Å²) in [4.78, 5) is 12.1. The Hall–Kier alpha value is -1.88. The van der Waals surface area contributed by atoms with Gasteiger partial charge in [0.25, 0.3) is 0 Å². The third kappa shape index (κ3) is 3.57. The van der Waals surface area contributed by atoms with Crippen molar-refractivity contribution in [1.82, 2.24) is 20.3 Å². The summed E-state index contributed by atoms with van der Waals surface area (Å²) in [5.41, 5.74) is 1.73. The van der Waals surface area contributed by atoms with E-state index in [1.165, 1.54) is 12.3 Å². The van der Waals surface area contributed by atoms with E-state index in [0.29, 0.717) is 13.1 Å². The van der Waals surface area contributed by atoms with Gasteiger partial charge in [0.1, 0.15) is 11.6 Å². The van der Waals surface area contributed by atoms with E-state index < -0.39 is 0 Å². The van der Waals surface area contributed by atoms with Crippen LogP contribution in [0, 0.1) is 12.7 Å². The molecule has 0 aliphatic carbocycles. The molecule has 88 valence electrons. The van der Waals surface area contributed by atoms with E-state index >= 15 is 0 Å². The molecule has 0 aliphatic heterocycles. The lowest BCUT2D eigenvalue weighted by Crippen LogP contribution is -2.14. The second-order valence-corrected chi connectivity index (χ2v) is 3.71. The predicted octanol–water partition coefficient (Wildman–Crippen LogP) is 1.61. The molecule has 0 saturated carbocycles. The van der Waals surface area contributed by atoms with E-state index in [2.05, 4.69) is 20.3 Å². The zero-order chi connectivity index (χ0) is 12.1. The number of rotatable bonds is 4. The second kappa shape index (κ2) is 5.45. The number of aromatic nitrogens is 3. The van der Waals surface area contributed by atoms with Crippen molar-refractivity contribution >= 4 is 0 Å². The molecule has 0 atom stereocenters. The van der Waals surface area contributed by atoms with Crippen LogP contribution in [0.3, 0.4) is 0 Å². The first-order chi connectivity index (χ1) is 8.24. The molecule has 4 nitrogen and oxygen atoms in total. The van der Waals surface area contributed by atoms with E-state index in [4.69, 9.17) is 0 Å². The number of hydrogen-bond donors (Lipinski definition) is 1. The van der Waals surface area contributed by atoms with Crippen molar-refractivity contribution in [3.05, 3.63) is 53.6 Å². The summed E-state index contributed by atoms with van der Waals surface area (Å²) < 4.78 is 12.9. The minimum Gasteiger partial charge on any atom is -0.307 e. The van der Waals surface area contributed by atoms with Crippen LogP contribution in [0.2, 0.25) is 0 Å². The zero-order valence-corrected chi connectivity index (χ0v) is 9.52. The Morgan fingerprint density at radius 2 is 2.18 bits per heavy atom. The first kappa shape index (κ1) is 11.6. The van der Waals surface area contributed by atoms with Gasteiger partial charge in [0.05, 0.1) is 11.9 Å². The lowest BCUT2D eigenvalue weighted by atomic mass is 10.3. The summed E-state index contributed by atoms with van der Waals surface area (Å²) in [6.07, 6.45) is 4.56. The van der Waals surface area contributed by atoms with Crippen LogP contribution >= 0.6 is 0 Å². The molecule has 0 amide bonds. The van der Waals surface area contributed by atoms with Gasteiger partial charge in [-0.1, -0.05) is 0 Å². The van der Waals surface area contributed by atoms with E-state index in [1.807, 2.05) is 13.0 Å². The molecule has 0 saturated heterocycles. The summed E-state index contributed by atoms with van der Waals surface area (Å²) >= 11 is 0. The first-order valence-corrected chi connectivity index (χ1v) is 5.33. The highest BCUT2D eigenvalue weighted by Gasteiger charge is 1.98. The van der Waals surface area contributed by atoms with Gasteiger partial charge in [-0.2, -0.15) is 0 Å². The molecule has 17 heavy (non-hydrogen) atoms. The maximum absolute atomic E-state index is 12.9. The van der Waals surface area contributed by atoms with Crippen molar-refractivity contribution < 1.29 is 4.39 Å². The monoisotopic (exact) mass is 232 g/mol. The minimum atomic E-state index is -0.317. The normalized spacial score (nSPS) is 10.5. The number of hydrogen-bond acceptors (Lipinski definition) is 4. The van der Waals surface area contributed by atoms with Crippen LogP contribution in [-0.4, -0.2) is 15.0 Å². The number of aryl methyl sites for hydroxylation is 1. The van der Waals surface area contributed by atoms with Crippen LogP contribution in [0.5, 0.6) is 0 Å². The Morgan fingerprint density at radius 1 is 1.29 bits per heavy atom. The van der Waals surface area contributed by atoms with E-state index in [9.17, 15) is 4.39 Å². The van der Waals surface area contributed by atoms with Gasteiger partial charge in [0.15, 0.2) is 0 Å². The Balaban J connectivity index is 1.87. The van der Waals surface area contributed by atoms with Gasteiger partial charge in [-0.05, 0) is 24.6 Å². The highest BCUT2D eigenvalue weighted by Crippen LogP contribution is 2.01. The Labute approximate surface area is 99.0 Å². The fraction of sp³-hybridized carbons (Fsp3) is 0.250. The first-order valence-electron chi connectivity index (χ1n) is 5.33.